The highest BCUT2D eigenvalue weighted by Gasteiger charge is 2.34. The van der Waals surface area contributed by atoms with Crippen LogP contribution in [0.25, 0.3) is 10.4 Å². The molecule has 1 aromatic carbocycles. The molecule has 2 atom stereocenters. The highest BCUT2D eigenvalue weighted by Crippen LogP contribution is 2.25. The van der Waals surface area contributed by atoms with E-state index in [2.05, 4.69) is 10.0 Å². The second-order valence-electron chi connectivity index (χ2n) is 4.26. The maximum Gasteiger partial charge on any atom is 0.255 e. The lowest BCUT2D eigenvalue weighted by atomic mass is 10.1. The zero-order valence-electron chi connectivity index (χ0n) is 10.0. The number of hydrogen-bond acceptors (Lipinski definition) is 4. The number of aldehydes is 1. The number of hydrogen-bond donors (Lipinski definition) is 1. The summed E-state index contributed by atoms with van der Waals surface area (Å²) in [6.45, 7) is 0.104. The van der Waals surface area contributed by atoms with Crippen LogP contribution in [-0.4, -0.2) is 40.9 Å². The lowest BCUT2D eigenvalue weighted by Crippen LogP contribution is -2.36. The molecule has 0 aromatic heterocycles. The monoisotopic (exact) mass is 260 g/mol. The number of amides is 1. The molecule has 1 aliphatic heterocycles. The standard InChI is InChI=1S/C12H12N4O3/c13-15-14-11-4-2-1-3-10(11)12(19)16-6-9(18)5-8(16)7-17/h1-4,7-9,18H,5-6H2/t8-,9+/m0/s1. The Morgan fingerprint density at radius 1 is 1.53 bits per heavy atom. The summed E-state index contributed by atoms with van der Waals surface area (Å²) in [5, 5.41) is 13.0. The topological polar surface area (TPSA) is 106 Å². The van der Waals surface area contributed by atoms with E-state index in [0.717, 1.165) is 0 Å². The van der Waals surface area contributed by atoms with Crippen LogP contribution in [0, 0.1) is 0 Å². The van der Waals surface area contributed by atoms with Crippen LogP contribution in [-0.2, 0) is 4.79 Å². The third-order valence-electron chi connectivity index (χ3n) is 3.03. The largest absolute Gasteiger partial charge is 0.391 e. The van der Waals surface area contributed by atoms with Gasteiger partial charge in [0.1, 0.15) is 6.29 Å². The van der Waals surface area contributed by atoms with Gasteiger partial charge >= 0.3 is 0 Å². The van der Waals surface area contributed by atoms with E-state index in [4.69, 9.17) is 5.53 Å². The Balaban J connectivity index is 2.34. The summed E-state index contributed by atoms with van der Waals surface area (Å²) >= 11 is 0. The fraction of sp³-hybridized carbons (Fsp3) is 0.333. The summed E-state index contributed by atoms with van der Waals surface area (Å²) in [6.07, 6.45) is 0.175. The molecule has 1 fully saturated rings. The number of rotatable bonds is 3. The SMILES string of the molecule is [N-]=[N+]=Nc1ccccc1C(=O)N1C[C@H](O)C[C@H]1C=O. The molecule has 1 N–H and O–H groups in total. The van der Waals surface area contributed by atoms with Crippen LogP contribution in [0.4, 0.5) is 5.69 Å². The smallest absolute Gasteiger partial charge is 0.255 e. The van der Waals surface area contributed by atoms with Gasteiger partial charge in [0, 0.05) is 23.4 Å². The van der Waals surface area contributed by atoms with Crippen molar-refractivity contribution in [2.24, 2.45) is 5.11 Å². The average Bonchev–Trinajstić information content (AvgIpc) is 2.80. The Bertz CT molecular complexity index is 554. The van der Waals surface area contributed by atoms with Crippen LogP contribution in [0.3, 0.4) is 0 Å². The molecule has 7 nitrogen and oxygen atoms in total. The van der Waals surface area contributed by atoms with Crippen LogP contribution in [0.1, 0.15) is 16.8 Å². The first-order chi connectivity index (χ1) is 9.17. The highest BCUT2D eigenvalue weighted by atomic mass is 16.3. The fourth-order valence-electron chi connectivity index (χ4n) is 2.15. The van der Waals surface area contributed by atoms with Crippen LogP contribution in [0.2, 0.25) is 0 Å². The molecule has 0 spiro atoms. The van der Waals surface area contributed by atoms with Crippen molar-refractivity contribution in [1.82, 2.24) is 4.90 Å². The van der Waals surface area contributed by atoms with Crippen molar-refractivity contribution < 1.29 is 14.7 Å². The number of azide groups is 1. The Labute approximate surface area is 109 Å². The molecule has 1 aromatic rings. The van der Waals surface area contributed by atoms with E-state index in [9.17, 15) is 14.7 Å². The number of likely N-dealkylation sites (tertiary alicyclic amines) is 1. The molecule has 19 heavy (non-hydrogen) atoms. The van der Waals surface area contributed by atoms with Gasteiger partial charge in [0.05, 0.1) is 17.8 Å². The van der Waals surface area contributed by atoms with Crippen molar-refractivity contribution >= 4 is 17.9 Å². The van der Waals surface area contributed by atoms with Gasteiger partial charge in [-0.1, -0.05) is 23.3 Å². The van der Waals surface area contributed by atoms with Crippen molar-refractivity contribution in [1.29, 1.82) is 0 Å². The van der Waals surface area contributed by atoms with Gasteiger partial charge in [0.25, 0.3) is 5.91 Å². The maximum atomic E-state index is 12.3. The maximum absolute atomic E-state index is 12.3. The van der Waals surface area contributed by atoms with Gasteiger partial charge in [-0.3, -0.25) is 4.79 Å². The summed E-state index contributed by atoms with van der Waals surface area (Å²) in [5.41, 5.74) is 8.90. The van der Waals surface area contributed by atoms with Crippen LogP contribution in [0.5, 0.6) is 0 Å². The minimum Gasteiger partial charge on any atom is -0.391 e. The summed E-state index contributed by atoms with van der Waals surface area (Å²) < 4.78 is 0. The predicted molar refractivity (Wildman–Crippen MR) is 66.8 cm³/mol. The van der Waals surface area contributed by atoms with E-state index in [1.165, 1.54) is 17.0 Å². The summed E-state index contributed by atoms with van der Waals surface area (Å²) in [7, 11) is 0. The van der Waals surface area contributed by atoms with Gasteiger partial charge in [-0.25, -0.2) is 0 Å². The third-order valence-corrected chi connectivity index (χ3v) is 3.03. The molecular weight excluding hydrogens is 248 g/mol. The van der Waals surface area contributed by atoms with E-state index in [0.29, 0.717) is 6.29 Å². The second kappa shape index (κ2) is 5.51. The molecule has 0 bridgehead atoms. The van der Waals surface area contributed by atoms with Crippen LogP contribution >= 0.6 is 0 Å². The quantitative estimate of drug-likeness (QED) is 0.384. The van der Waals surface area contributed by atoms with E-state index in [1.54, 1.807) is 12.1 Å². The predicted octanol–water partition coefficient (Wildman–Crippen LogP) is 1.40. The molecule has 7 heteroatoms. The molecular formula is C12H12N4O3. The number of nitrogens with zero attached hydrogens (tertiary/aromatic N) is 4. The van der Waals surface area contributed by atoms with Gasteiger partial charge in [-0.05, 0) is 11.6 Å². The van der Waals surface area contributed by atoms with Crippen LogP contribution in [0.15, 0.2) is 29.4 Å². The number of carbonyl (C=O) groups is 2. The van der Waals surface area contributed by atoms with Crippen molar-refractivity contribution in [3.8, 4) is 0 Å². The zero-order valence-corrected chi connectivity index (χ0v) is 10.0. The van der Waals surface area contributed by atoms with Gasteiger partial charge in [-0.2, -0.15) is 0 Å². The summed E-state index contributed by atoms with van der Waals surface area (Å²) in [6, 6.07) is 5.71. The fourth-order valence-corrected chi connectivity index (χ4v) is 2.15. The Morgan fingerprint density at radius 2 is 2.26 bits per heavy atom. The minimum absolute atomic E-state index is 0.104. The lowest BCUT2D eigenvalue weighted by Gasteiger charge is -2.20. The van der Waals surface area contributed by atoms with E-state index < -0.39 is 18.1 Å². The number of aliphatic hydroxyl groups excluding tert-OH is 1. The van der Waals surface area contributed by atoms with E-state index in [-0.39, 0.29) is 24.2 Å². The Morgan fingerprint density at radius 3 is 2.95 bits per heavy atom. The number of β-amino-alcohol motifs (C(OH)–C–C–N with tert-alkyl or cyclic N) is 1. The second-order valence-corrected chi connectivity index (χ2v) is 4.26. The Kier molecular flexibility index (Phi) is 3.79. The van der Waals surface area contributed by atoms with E-state index in [1.807, 2.05) is 0 Å². The molecule has 0 unspecified atom stereocenters. The Hall–Kier alpha value is -2.37. The first kappa shape index (κ1) is 13.1. The summed E-state index contributed by atoms with van der Waals surface area (Å²) in [4.78, 5) is 27.2. The third kappa shape index (κ3) is 2.57. The van der Waals surface area contributed by atoms with E-state index >= 15 is 0 Å². The van der Waals surface area contributed by atoms with Gasteiger partial charge in [0.15, 0.2) is 0 Å². The molecule has 1 saturated heterocycles. The summed E-state index contributed by atoms with van der Waals surface area (Å²) in [5.74, 6) is -0.420. The lowest BCUT2D eigenvalue weighted by molar-refractivity contribution is -0.111. The number of benzene rings is 1. The minimum atomic E-state index is -0.703. The molecule has 0 aliphatic carbocycles. The first-order valence-corrected chi connectivity index (χ1v) is 5.76. The molecule has 1 amide bonds. The van der Waals surface area contributed by atoms with Crippen LogP contribution < -0.4 is 0 Å². The van der Waals surface area contributed by atoms with Crippen molar-refractivity contribution in [2.45, 2.75) is 18.6 Å². The molecule has 98 valence electrons. The van der Waals surface area contributed by atoms with Crippen molar-refractivity contribution in [3.63, 3.8) is 0 Å². The number of carbonyl (C=O) groups excluding carboxylic acids is 2. The van der Waals surface area contributed by atoms with Crippen molar-refractivity contribution in [3.05, 3.63) is 40.3 Å². The van der Waals surface area contributed by atoms with Gasteiger partial charge in [0.2, 0.25) is 0 Å². The zero-order chi connectivity index (χ0) is 13.8. The molecule has 1 heterocycles. The average molecular weight is 260 g/mol. The number of aliphatic hydroxyl groups is 1. The van der Waals surface area contributed by atoms with Gasteiger partial charge < -0.3 is 14.8 Å². The normalized spacial score (nSPS) is 21.8. The molecule has 0 radical (unpaired) electrons. The molecule has 2 rings (SSSR count). The van der Waals surface area contributed by atoms with Gasteiger partial charge in [-0.15, -0.1) is 0 Å². The van der Waals surface area contributed by atoms with Crippen molar-refractivity contribution in [2.75, 3.05) is 6.54 Å². The first-order valence-electron chi connectivity index (χ1n) is 5.76. The molecule has 1 aliphatic rings. The molecule has 0 saturated carbocycles. The highest BCUT2D eigenvalue weighted by molar-refractivity contribution is 6.00.